The van der Waals surface area contributed by atoms with Crippen LogP contribution in [-0.2, 0) is 11.3 Å². The number of aromatic nitrogens is 1. The molecule has 1 spiro atoms. The van der Waals surface area contributed by atoms with E-state index in [9.17, 15) is 0 Å². The van der Waals surface area contributed by atoms with Gasteiger partial charge in [0.1, 0.15) is 12.0 Å². The van der Waals surface area contributed by atoms with Crippen molar-refractivity contribution in [1.82, 2.24) is 15.4 Å². The van der Waals surface area contributed by atoms with Gasteiger partial charge in [0.15, 0.2) is 5.96 Å². The second-order valence-corrected chi connectivity index (χ2v) is 6.85. The van der Waals surface area contributed by atoms with Crippen LogP contribution >= 0.6 is 24.0 Å². The third-order valence-corrected chi connectivity index (χ3v) is 5.78. The number of ether oxygens (including phenoxy) is 1. The third kappa shape index (κ3) is 2.65. The van der Waals surface area contributed by atoms with Gasteiger partial charge in [0.25, 0.3) is 0 Å². The van der Waals surface area contributed by atoms with Gasteiger partial charge in [0.05, 0.1) is 12.6 Å². The predicted molar refractivity (Wildman–Crippen MR) is 97.8 cm³/mol. The average Bonchev–Trinajstić information content (AvgIpc) is 3.09. The van der Waals surface area contributed by atoms with Crippen molar-refractivity contribution in [3.05, 3.63) is 18.0 Å². The zero-order chi connectivity index (χ0) is 15.2. The molecule has 2 aliphatic carbocycles. The molecule has 1 N–H and O–H groups in total. The molecule has 2 saturated carbocycles. The van der Waals surface area contributed by atoms with Gasteiger partial charge in [0, 0.05) is 44.1 Å². The lowest BCUT2D eigenvalue weighted by atomic mass is 9.46. The lowest BCUT2D eigenvalue weighted by Crippen LogP contribution is -2.72. The highest BCUT2D eigenvalue weighted by Gasteiger charge is 2.66. The van der Waals surface area contributed by atoms with Crippen molar-refractivity contribution in [1.29, 1.82) is 0 Å². The fourth-order valence-electron chi connectivity index (χ4n) is 4.58. The molecule has 0 aromatic carbocycles. The van der Waals surface area contributed by atoms with Crippen LogP contribution in [0.2, 0.25) is 0 Å². The van der Waals surface area contributed by atoms with Crippen LogP contribution in [0.3, 0.4) is 0 Å². The van der Waals surface area contributed by atoms with Gasteiger partial charge in [-0.05, 0) is 19.3 Å². The first-order valence-corrected chi connectivity index (χ1v) is 8.20. The molecule has 0 bridgehead atoms. The highest BCUT2D eigenvalue weighted by Crippen LogP contribution is 2.62. The Labute approximate surface area is 154 Å². The first-order chi connectivity index (χ1) is 10.7. The van der Waals surface area contributed by atoms with E-state index in [0.717, 1.165) is 18.3 Å². The zero-order valence-corrected chi connectivity index (χ0v) is 16.0. The lowest BCUT2D eigenvalue weighted by Gasteiger charge is -2.63. The van der Waals surface area contributed by atoms with E-state index in [4.69, 9.17) is 9.26 Å². The summed E-state index contributed by atoms with van der Waals surface area (Å²) in [5.41, 5.74) is 1.28. The molecule has 128 valence electrons. The van der Waals surface area contributed by atoms with Crippen LogP contribution < -0.4 is 5.32 Å². The third-order valence-electron chi connectivity index (χ3n) is 5.78. The van der Waals surface area contributed by atoms with Crippen LogP contribution in [-0.4, -0.2) is 48.9 Å². The molecule has 1 saturated heterocycles. The van der Waals surface area contributed by atoms with Crippen molar-refractivity contribution in [2.24, 2.45) is 16.3 Å². The molecule has 3 unspecified atom stereocenters. The van der Waals surface area contributed by atoms with E-state index in [1.54, 1.807) is 6.26 Å². The maximum Gasteiger partial charge on any atom is 0.193 e. The molecule has 23 heavy (non-hydrogen) atoms. The maximum atomic E-state index is 5.98. The first kappa shape index (κ1) is 17.0. The predicted octanol–water partition coefficient (Wildman–Crippen LogP) is 2.26. The van der Waals surface area contributed by atoms with Gasteiger partial charge >= 0.3 is 0 Å². The van der Waals surface area contributed by atoms with Crippen molar-refractivity contribution in [2.75, 3.05) is 20.7 Å². The second-order valence-electron chi connectivity index (χ2n) is 6.85. The number of nitrogens with one attached hydrogen (secondary N) is 1. The molecule has 1 aromatic heterocycles. The number of rotatable bonds is 3. The fourth-order valence-corrected chi connectivity index (χ4v) is 4.58. The van der Waals surface area contributed by atoms with Crippen molar-refractivity contribution in [3.8, 4) is 0 Å². The van der Waals surface area contributed by atoms with E-state index >= 15 is 0 Å². The minimum absolute atomic E-state index is 0. The summed E-state index contributed by atoms with van der Waals surface area (Å²) in [6, 6.07) is 2.40. The van der Waals surface area contributed by atoms with Gasteiger partial charge in [-0.2, -0.15) is 0 Å². The standard InChI is InChI=1S/C16H24N4O2.HI/c1-17-15(20(2)10-11-4-9-22-19-11)18-13-12-5-8-21-14(12)16(13)6-3-7-16;/h4,9,12-14H,3,5-8,10H2,1-2H3,(H,17,18);1H. The number of guanidine groups is 1. The van der Waals surface area contributed by atoms with E-state index < -0.39 is 0 Å². The summed E-state index contributed by atoms with van der Waals surface area (Å²) in [6.45, 7) is 1.61. The number of nitrogens with zero attached hydrogens (tertiary/aromatic N) is 3. The molecule has 3 aliphatic rings. The minimum Gasteiger partial charge on any atom is -0.377 e. The monoisotopic (exact) mass is 432 g/mol. The molecule has 2 heterocycles. The summed E-state index contributed by atoms with van der Waals surface area (Å²) in [6.07, 6.45) is 7.17. The smallest absolute Gasteiger partial charge is 0.193 e. The van der Waals surface area contributed by atoms with Gasteiger partial charge < -0.3 is 19.5 Å². The molecule has 0 radical (unpaired) electrons. The lowest BCUT2D eigenvalue weighted by molar-refractivity contribution is -0.171. The number of hydrogen-bond acceptors (Lipinski definition) is 4. The Balaban J connectivity index is 0.00000156. The van der Waals surface area contributed by atoms with E-state index in [2.05, 4.69) is 20.4 Å². The molecular formula is C16H25IN4O2. The van der Waals surface area contributed by atoms with Gasteiger partial charge in [-0.1, -0.05) is 11.6 Å². The number of aliphatic imine (C=N–C) groups is 1. The van der Waals surface area contributed by atoms with E-state index in [0.29, 0.717) is 30.0 Å². The van der Waals surface area contributed by atoms with Crippen LogP contribution in [0.1, 0.15) is 31.4 Å². The first-order valence-electron chi connectivity index (χ1n) is 8.20. The van der Waals surface area contributed by atoms with Crippen molar-refractivity contribution < 1.29 is 9.26 Å². The summed E-state index contributed by atoms with van der Waals surface area (Å²) in [7, 11) is 3.88. The zero-order valence-electron chi connectivity index (χ0n) is 13.7. The van der Waals surface area contributed by atoms with Gasteiger partial charge in [-0.15, -0.1) is 24.0 Å². The molecule has 4 rings (SSSR count). The molecule has 1 aromatic rings. The van der Waals surface area contributed by atoms with Crippen molar-refractivity contribution >= 4 is 29.9 Å². The van der Waals surface area contributed by atoms with Crippen molar-refractivity contribution in [3.63, 3.8) is 0 Å². The molecule has 6 nitrogen and oxygen atoms in total. The number of fused-ring (bicyclic) bond motifs is 2. The molecule has 3 fully saturated rings. The number of hydrogen-bond donors (Lipinski definition) is 1. The topological polar surface area (TPSA) is 62.9 Å². The van der Waals surface area contributed by atoms with Gasteiger partial charge in [-0.3, -0.25) is 4.99 Å². The Morgan fingerprint density at radius 2 is 2.35 bits per heavy atom. The summed E-state index contributed by atoms with van der Waals surface area (Å²) >= 11 is 0. The Morgan fingerprint density at radius 1 is 1.52 bits per heavy atom. The summed E-state index contributed by atoms with van der Waals surface area (Å²) in [5.74, 6) is 1.59. The molecule has 3 atom stereocenters. The van der Waals surface area contributed by atoms with Gasteiger partial charge in [-0.25, -0.2) is 0 Å². The Kier molecular flexibility index (Phi) is 4.87. The van der Waals surface area contributed by atoms with Crippen LogP contribution in [0.25, 0.3) is 0 Å². The largest absolute Gasteiger partial charge is 0.377 e. The van der Waals surface area contributed by atoms with E-state index in [1.807, 2.05) is 20.2 Å². The SMILES string of the molecule is CN=C(NC1C2CCOC2C12CCC2)N(C)Cc1ccon1.I. The summed E-state index contributed by atoms with van der Waals surface area (Å²) in [4.78, 5) is 6.57. The maximum absolute atomic E-state index is 5.98. The molecular weight excluding hydrogens is 407 g/mol. The van der Waals surface area contributed by atoms with Crippen LogP contribution in [0.4, 0.5) is 0 Å². The Morgan fingerprint density at radius 3 is 2.96 bits per heavy atom. The molecule has 7 heteroatoms. The summed E-state index contributed by atoms with van der Waals surface area (Å²) < 4.78 is 10.9. The average molecular weight is 432 g/mol. The molecule has 0 amide bonds. The van der Waals surface area contributed by atoms with Crippen LogP contribution in [0, 0.1) is 11.3 Å². The number of halogens is 1. The van der Waals surface area contributed by atoms with Crippen LogP contribution in [0.5, 0.6) is 0 Å². The van der Waals surface area contributed by atoms with Crippen molar-refractivity contribution in [2.45, 2.75) is 44.4 Å². The normalized spacial score (nSPS) is 30.9. The van der Waals surface area contributed by atoms with Gasteiger partial charge in [0.2, 0.25) is 0 Å². The minimum atomic E-state index is 0. The Bertz CT molecular complexity index is 558. The molecule has 1 aliphatic heterocycles. The highest BCUT2D eigenvalue weighted by molar-refractivity contribution is 14.0. The fraction of sp³-hybridized carbons (Fsp3) is 0.750. The summed E-state index contributed by atoms with van der Waals surface area (Å²) in [5, 5.41) is 7.69. The van der Waals surface area contributed by atoms with Crippen LogP contribution in [0.15, 0.2) is 21.8 Å². The van der Waals surface area contributed by atoms with E-state index in [-0.39, 0.29) is 24.0 Å². The van der Waals surface area contributed by atoms with E-state index in [1.165, 1.54) is 25.7 Å². The second kappa shape index (κ2) is 6.58. The Hall–Kier alpha value is -0.830. The highest BCUT2D eigenvalue weighted by atomic mass is 127. The quantitative estimate of drug-likeness (QED) is 0.451.